The van der Waals surface area contributed by atoms with E-state index in [1.54, 1.807) is 17.7 Å². The van der Waals surface area contributed by atoms with Crippen LogP contribution in [0.3, 0.4) is 0 Å². The highest BCUT2D eigenvalue weighted by Gasteiger charge is 2.00. The molecule has 0 radical (unpaired) electrons. The maximum absolute atomic E-state index is 11.1. The number of nitrogens with zero attached hydrogens (tertiary/aromatic N) is 1. The molecule has 0 aliphatic rings. The summed E-state index contributed by atoms with van der Waals surface area (Å²) >= 11 is 0. The third-order valence-corrected chi connectivity index (χ3v) is 2.52. The van der Waals surface area contributed by atoms with Gasteiger partial charge in [-0.25, -0.2) is 0 Å². The van der Waals surface area contributed by atoms with E-state index in [4.69, 9.17) is 0 Å². The van der Waals surface area contributed by atoms with Gasteiger partial charge in [0.15, 0.2) is 0 Å². The number of hydrogen-bond donors (Lipinski definition) is 1. The molecule has 0 bridgehead atoms. The molecule has 0 saturated heterocycles. The normalized spacial score (nSPS) is 12.5. The maximum atomic E-state index is 11.1. The molecule has 1 unspecified atom stereocenters. The third-order valence-electron chi connectivity index (χ3n) is 2.52. The van der Waals surface area contributed by atoms with Crippen LogP contribution in [0, 0.1) is 5.92 Å². The molecule has 3 nitrogen and oxygen atoms in total. The van der Waals surface area contributed by atoms with Gasteiger partial charge in [0, 0.05) is 25.9 Å². The number of rotatable bonds is 5. The highest BCUT2D eigenvalue weighted by molar-refractivity contribution is 5.40. The van der Waals surface area contributed by atoms with E-state index in [2.05, 4.69) is 19.2 Å². The summed E-state index contributed by atoms with van der Waals surface area (Å²) in [6, 6.07) is 3.42. The van der Waals surface area contributed by atoms with Crippen molar-refractivity contribution < 1.29 is 0 Å². The largest absolute Gasteiger partial charge is 0.384 e. The van der Waals surface area contributed by atoms with Gasteiger partial charge in [0.05, 0.1) is 5.69 Å². The Morgan fingerprint density at radius 2 is 2.20 bits per heavy atom. The van der Waals surface area contributed by atoms with E-state index in [9.17, 15) is 4.79 Å². The highest BCUT2D eigenvalue weighted by atomic mass is 16.1. The molecular formula is C12H20N2O. The lowest BCUT2D eigenvalue weighted by atomic mass is 10.1. The first kappa shape index (κ1) is 11.8. The lowest BCUT2D eigenvalue weighted by molar-refractivity contribution is 0.550. The first-order chi connectivity index (χ1) is 7.13. The smallest absolute Gasteiger partial charge is 0.250 e. The molecule has 1 aromatic rings. The van der Waals surface area contributed by atoms with Crippen molar-refractivity contribution in [3.8, 4) is 0 Å². The van der Waals surface area contributed by atoms with Gasteiger partial charge in [-0.05, 0) is 18.4 Å². The fourth-order valence-electron chi connectivity index (χ4n) is 1.59. The Kier molecular flexibility index (Phi) is 4.40. The van der Waals surface area contributed by atoms with Crippen molar-refractivity contribution in [3.63, 3.8) is 0 Å². The molecule has 1 rings (SSSR count). The van der Waals surface area contributed by atoms with Crippen LogP contribution in [-0.2, 0) is 7.05 Å². The zero-order chi connectivity index (χ0) is 11.3. The quantitative estimate of drug-likeness (QED) is 0.805. The minimum atomic E-state index is 0.0298. The summed E-state index contributed by atoms with van der Waals surface area (Å²) in [5, 5.41) is 3.34. The van der Waals surface area contributed by atoms with Crippen molar-refractivity contribution in [1.29, 1.82) is 0 Å². The van der Waals surface area contributed by atoms with Crippen LogP contribution in [0.1, 0.15) is 26.7 Å². The Balaban J connectivity index is 2.51. The molecule has 15 heavy (non-hydrogen) atoms. The SMILES string of the molecule is CCCC(C)CNc1ccc(=O)n(C)c1. The molecule has 3 heteroatoms. The van der Waals surface area contributed by atoms with Crippen LogP contribution in [0.2, 0.25) is 0 Å². The summed E-state index contributed by atoms with van der Waals surface area (Å²) in [5.74, 6) is 0.673. The van der Waals surface area contributed by atoms with Crippen LogP contribution in [0.15, 0.2) is 23.1 Å². The second-order valence-electron chi connectivity index (χ2n) is 4.14. The summed E-state index contributed by atoms with van der Waals surface area (Å²) in [5.41, 5.74) is 1.04. The lowest BCUT2D eigenvalue weighted by Crippen LogP contribution is -2.17. The molecule has 1 N–H and O–H groups in total. The fourth-order valence-corrected chi connectivity index (χ4v) is 1.59. The molecule has 1 heterocycles. The number of aromatic nitrogens is 1. The van der Waals surface area contributed by atoms with Crippen molar-refractivity contribution in [2.75, 3.05) is 11.9 Å². The molecule has 0 spiro atoms. The van der Waals surface area contributed by atoms with Crippen molar-refractivity contribution in [1.82, 2.24) is 4.57 Å². The molecule has 84 valence electrons. The van der Waals surface area contributed by atoms with Gasteiger partial charge in [0.1, 0.15) is 0 Å². The van der Waals surface area contributed by atoms with E-state index in [1.165, 1.54) is 12.8 Å². The van der Waals surface area contributed by atoms with Gasteiger partial charge in [-0.2, -0.15) is 0 Å². The molecule has 1 aromatic heterocycles. The van der Waals surface area contributed by atoms with E-state index in [-0.39, 0.29) is 5.56 Å². The van der Waals surface area contributed by atoms with Crippen molar-refractivity contribution in [2.24, 2.45) is 13.0 Å². The molecule has 0 aromatic carbocycles. The molecule has 0 amide bonds. The summed E-state index contributed by atoms with van der Waals surface area (Å²) in [6.45, 7) is 5.40. The number of anilines is 1. The van der Waals surface area contributed by atoms with E-state index in [0.29, 0.717) is 5.92 Å². The summed E-state index contributed by atoms with van der Waals surface area (Å²) in [6.07, 6.45) is 4.29. The number of aryl methyl sites for hydroxylation is 1. The zero-order valence-electron chi connectivity index (χ0n) is 9.79. The number of pyridine rings is 1. The minimum absolute atomic E-state index is 0.0298. The van der Waals surface area contributed by atoms with Crippen LogP contribution in [0.5, 0.6) is 0 Å². The van der Waals surface area contributed by atoms with Gasteiger partial charge in [-0.15, -0.1) is 0 Å². The van der Waals surface area contributed by atoms with Crippen molar-refractivity contribution in [2.45, 2.75) is 26.7 Å². The number of hydrogen-bond acceptors (Lipinski definition) is 2. The molecule has 0 aliphatic carbocycles. The first-order valence-corrected chi connectivity index (χ1v) is 5.54. The Hall–Kier alpha value is -1.25. The van der Waals surface area contributed by atoms with Gasteiger partial charge in [0.25, 0.3) is 0 Å². The summed E-state index contributed by atoms with van der Waals surface area (Å²) < 4.78 is 1.59. The molecular weight excluding hydrogens is 188 g/mol. The monoisotopic (exact) mass is 208 g/mol. The van der Waals surface area contributed by atoms with Crippen LogP contribution in [-0.4, -0.2) is 11.1 Å². The summed E-state index contributed by atoms with van der Waals surface area (Å²) in [4.78, 5) is 11.1. The fraction of sp³-hybridized carbons (Fsp3) is 0.583. The first-order valence-electron chi connectivity index (χ1n) is 5.54. The Bertz CT molecular complexity index is 357. The maximum Gasteiger partial charge on any atom is 0.250 e. The molecule has 1 atom stereocenters. The van der Waals surface area contributed by atoms with Crippen LogP contribution < -0.4 is 10.9 Å². The second-order valence-corrected chi connectivity index (χ2v) is 4.14. The number of nitrogens with one attached hydrogen (secondary N) is 1. The van der Waals surface area contributed by atoms with E-state index in [0.717, 1.165) is 12.2 Å². The lowest BCUT2D eigenvalue weighted by Gasteiger charge is -2.12. The summed E-state index contributed by atoms with van der Waals surface area (Å²) in [7, 11) is 1.77. The van der Waals surface area contributed by atoms with E-state index < -0.39 is 0 Å². The predicted molar refractivity (Wildman–Crippen MR) is 64.2 cm³/mol. The van der Waals surface area contributed by atoms with Crippen LogP contribution >= 0.6 is 0 Å². The van der Waals surface area contributed by atoms with Gasteiger partial charge in [0.2, 0.25) is 5.56 Å². The van der Waals surface area contributed by atoms with Gasteiger partial charge >= 0.3 is 0 Å². The van der Waals surface area contributed by atoms with E-state index in [1.807, 2.05) is 12.3 Å². The zero-order valence-corrected chi connectivity index (χ0v) is 9.79. The Morgan fingerprint density at radius 3 is 2.80 bits per heavy atom. The molecule has 0 saturated carbocycles. The molecule has 0 fully saturated rings. The average molecular weight is 208 g/mol. The standard InChI is InChI=1S/C12H20N2O/c1-4-5-10(2)8-13-11-6-7-12(15)14(3)9-11/h6-7,9-10,13H,4-5,8H2,1-3H3. The van der Waals surface area contributed by atoms with Crippen molar-refractivity contribution in [3.05, 3.63) is 28.7 Å². The van der Waals surface area contributed by atoms with Crippen molar-refractivity contribution >= 4 is 5.69 Å². The van der Waals surface area contributed by atoms with Gasteiger partial charge in [-0.3, -0.25) is 4.79 Å². The van der Waals surface area contributed by atoms with Crippen LogP contribution in [0.4, 0.5) is 5.69 Å². The predicted octanol–water partition coefficient (Wildman–Crippen LogP) is 2.23. The van der Waals surface area contributed by atoms with Crippen LogP contribution in [0.25, 0.3) is 0 Å². The molecule has 0 aliphatic heterocycles. The Labute approximate surface area is 91.1 Å². The van der Waals surface area contributed by atoms with Gasteiger partial charge in [-0.1, -0.05) is 20.3 Å². The second kappa shape index (κ2) is 5.59. The third kappa shape index (κ3) is 3.78. The Morgan fingerprint density at radius 1 is 1.47 bits per heavy atom. The highest BCUT2D eigenvalue weighted by Crippen LogP contribution is 2.08. The average Bonchev–Trinajstić information content (AvgIpc) is 2.20. The van der Waals surface area contributed by atoms with Gasteiger partial charge < -0.3 is 9.88 Å². The van der Waals surface area contributed by atoms with E-state index >= 15 is 0 Å². The minimum Gasteiger partial charge on any atom is -0.384 e. The topological polar surface area (TPSA) is 34.0 Å².